The molecule has 0 aliphatic heterocycles. The number of rotatable bonds is 9. The number of carbonyl (C=O) groups excluding carboxylic acids is 3. The topological polar surface area (TPSA) is 112 Å². The third kappa shape index (κ3) is 5.60. The van der Waals surface area contributed by atoms with Crippen LogP contribution in [0.5, 0.6) is 0 Å². The predicted molar refractivity (Wildman–Crippen MR) is 126 cm³/mol. The van der Waals surface area contributed by atoms with E-state index in [0.29, 0.717) is 16.5 Å². The number of carbonyl (C=O) groups is 3. The lowest BCUT2D eigenvalue weighted by Gasteiger charge is -2.09. The zero-order chi connectivity index (χ0) is 24.0. The minimum atomic E-state index is -0.607. The number of amides is 1. The molecule has 3 rings (SSSR count). The Morgan fingerprint density at radius 2 is 1.70 bits per heavy atom. The second kappa shape index (κ2) is 11.1. The number of nitrogens with zero attached hydrogens (tertiary/aromatic N) is 3. The number of para-hydroxylation sites is 1. The Bertz CT molecular complexity index is 1160. The van der Waals surface area contributed by atoms with Gasteiger partial charge in [0.05, 0.1) is 24.5 Å². The van der Waals surface area contributed by atoms with Crippen molar-refractivity contribution in [1.29, 1.82) is 0 Å². The van der Waals surface area contributed by atoms with Crippen LogP contribution in [0.2, 0.25) is 0 Å². The molecule has 0 aliphatic carbocycles. The molecule has 1 N–H and O–H groups in total. The zero-order valence-corrected chi connectivity index (χ0v) is 20.3. The monoisotopic (exact) mass is 488 g/mol. The Kier molecular flexibility index (Phi) is 8.23. The zero-order valence-electron chi connectivity index (χ0n) is 18.7. The molecule has 0 saturated carbocycles. The van der Waals surface area contributed by atoms with Crippen molar-refractivity contribution in [2.24, 2.45) is 0 Å². The Hall–Kier alpha value is -3.18. The highest BCUT2D eigenvalue weighted by atomic mass is 32.2. The predicted octanol–water partition coefficient (Wildman–Crippen LogP) is 4.03. The molecule has 0 saturated heterocycles. The molecule has 9 nitrogen and oxygen atoms in total. The van der Waals surface area contributed by atoms with E-state index in [-0.39, 0.29) is 40.3 Å². The molecule has 33 heavy (non-hydrogen) atoms. The number of nitrogens with one attached hydrogen (secondary N) is 1. The van der Waals surface area contributed by atoms with Gasteiger partial charge < -0.3 is 14.8 Å². The van der Waals surface area contributed by atoms with Crippen LogP contribution >= 0.6 is 23.1 Å². The largest absolute Gasteiger partial charge is 0.462 e. The smallest absolute Gasteiger partial charge is 0.348 e. The molecule has 1 aromatic carbocycles. The molecule has 0 bridgehead atoms. The summed E-state index contributed by atoms with van der Waals surface area (Å²) in [5.41, 5.74) is 1.46. The van der Waals surface area contributed by atoms with E-state index in [1.165, 1.54) is 11.8 Å². The summed E-state index contributed by atoms with van der Waals surface area (Å²) in [6.45, 7) is 7.21. The highest BCUT2D eigenvalue weighted by molar-refractivity contribution is 7.99. The van der Waals surface area contributed by atoms with Crippen molar-refractivity contribution < 1.29 is 23.9 Å². The van der Waals surface area contributed by atoms with E-state index < -0.39 is 11.9 Å². The number of hydrogen-bond acceptors (Lipinski definition) is 9. The van der Waals surface area contributed by atoms with Gasteiger partial charge in [-0.05, 0) is 45.4 Å². The summed E-state index contributed by atoms with van der Waals surface area (Å²) < 4.78 is 12.0. The number of benzene rings is 1. The van der Waals surface area contributed by atoms with Crippen molar-refractivity contribution in [2.75, 3.05) is 24.3 Å². The Morgan fingerprint density at radius 1 is 1.03 bits per heavy atom. The van der Waals surface area contributed by atoms with Crippen LogP contribution in [0.3, 0.4) is 0 Å². The quantitative estimate of drug-likeness (QED) is 0.355. The lowest BCUT2D eigenvalue weighted by molar-refractivity contribution is -0.113. The molecule has 3 aromatic rings. The minimum Gasteiger partial charge on any atom is -0.462 e. The lowest BCUT2D eigenvalue weighted by atomic mass is 10.1. The maximum absolute atomic E-state index is 12.7. The number of aromatic nitrogens is 3. The fourth-order valence-electron chi connectivity index (χ4n) is 3.05. The number of esters is 2. The van der Waals surface area contributed by atoms with Crippen molar-refractivity contribution in [3.63, 3.8) is 0 Å². The van der Waals surface area contributed by atoms with Gasteiger partial charge in [-0.25, -0.2) is 9.59 Å². The molecule has 2 heterocycles. The van der Waals surface area contributed by atoms with Crippen LogP contribution in [0, 0.1) is 13.8 Å². The van der Waals surface area contributed by atoms with Crippen molar-refractivity contribution in [3.05, 3.63) is 52.2 Å². The standard InChI is InChI=1S/C22H24N4O5S2/c1-5-30-20(28)17-13(3)18(21(29)31-6-2)33-19(17)23-16(27)12-32-22-25-24-14(4)26(22)15-10-8-7-9-11-15/h7-11H,5-6,12H2,1-4H3,(H,23,27). The number of hydrogen-bond donors (Lipinski definition) is 1. The molecule has 2 aromatic heterocycles. The van der Waals surface area contributed by atoms with Gasteiger partial charge in [0.1, 0.15) is 15.7 Å². The van der Waals surface area contributed by atoms with E-state index in [1.807, 2.05) is 41.8 Å². The number of aryl methyl sites for hydroxylation is 1. The van der Waals surface area contributed by atoms with Gasteiger partial charge in [-0.15, -0.1) is 21.5 Å². The second-order valence-electron chi connectivity index (χ2n) is 6.74. The molecule has 174 valence electrons. The fourth-order valence-corrected chi connectivity index (χ4v) is 4.95. The Labute approximate surface area is 199 Å². The third-order valence-electron chi connectivity index (χ3n) is 4.48. The van der Waals surface area contributed by atoms with Crippen LogP contribution in [0.15, 0.2) is 35.5 Å². The van der Waals surface area contributed by atoms with Crippen molar-refractivity contribution in [3.8, 4) is 5.69 Å². The Morgan fingerprint density at radius 3 is 2.36 bits per heavy atom. The first-order valence-corrected chi connectivity index (χ1v) is 12.0. The normalized spacial score (nSPS) is 10.7. The average Bonchev–Trinajstić information content (AvgIpc) is 3.32. The van der Waals surface area contributed by atoms with E-state index in [1.54, 1.807) is 20.8 Å². The molecule has 0 atom stereocenters. The van der Waals surface area contributed by atoms with Crippen molar-refractivity contribution in [1.82, 2.24) is 14.8 Å². The number of anilines is 1. The first kappa shape index (κ1) is 24.5. The van der Waals surface area contributed by atoms with E-state index in [9.17, 15) is 14.4 Å². The molecule has 11 heteroatoms. The lowest BCUT2D eigenvalue weighted by Crippen LogP contribution is -2.17. The number of thiophene rings is 1. The Balaban J connectivity index is 1.79. The van der Waals surface area contributed by atoms with Crippen LogP contribution in [0.4, 0.5) is 5.00 Å². The van der Waals surface area contributed by atoms with Gasteiger partial charge in [0.2, 0.25) is 5.91 Å². The average molecular weight is 489 g/mol. The van der Waals surface area contributed by atoms with Gasteiger partial charge in [0, 0.05) is 5.69 Å². The van der Waals surface area contributed by atoms with Gasteiger partial charge in [-0.1, -0.05) is 30.0 Å². The van der Waals surface area contributed by atoms with E-state index >= 15 is 0 Å². The first-order valence-electron chi connectivity index (χ1n) is 10.2. The second-order valence-corrected chi connectivity index (χ2v) is 8.70. The van der Waals surface area contributed by atoms with Crippen LogP contribution in [0.1, 0.15) is 45.3 Å². The maximum Gasteiger partial charge on any atom is 0.348 e. The van der Waals surface area contributed by atoms with Crippen molar-refractivity contribution in [2.45, 2.75) is 32.9 Å². The van der Waals surface area contributed by atoms with Crippen LogP contribution in [-0.4, -0.2) is 51.6 Å². The van der Waals surface area contributed by atoms with Gasteiger partial charge in [-0.3, -0.25) is 9.36 Å². The first-order chi connectivity index (χ1) is 15.9. The summed E-state index contributed by atoms with van der Waals surface area (Å²) in [5, 5.41) is 11.8. The third-order valence-corrected chi connectivity index (χ3v) is 6.60. The van der Waals surface area contributed by atoms with Gasteiger partial charge in [0.25, 0.3) is 0 Å². The van der Waals surface area contributed by atoms with E-state index in [4.69, 9.17) is 9.47 Å². The van der Waals surface area contributed by atoms with E-state index in [0.717, 1.165) is 17.0 Å². The summed E-state index contributed by atoms with van der Waals surface area (Å²) >= 11 is 2.21. The van der Waals surface area contributed by atoms with Crippen LogP contribution in [0.25, 0.3) is 5.69 Å². The molecule has 0 fully saturated rings. The summed E-state index contributed by atoms with van der Waals surface area (Å²) in [6, 6.07) is 9.59. The number of thioether (sulfide) groups is 1. The molecular weight excluding hydrogens is 464 g/mol. The van der Waals surface area contributed by atoms with Gasteiger partial charge in [-0.2, -0.15) is 0 Å². The number of ether oxygens (including phenoxy) is 2. The molecule has 0 spiro atoms. The molecule has 1 amide bonds. The molecule has 0 unspecified atom stereocenters. The highest BCUT2D eigenvalue weighted by Gasteiger charge is 2.27. The summed E-state index contributed by atoms with van der Waals surface area (Å²) in [6.07, 6.45) is 0. The fraction of sp³-hybridized carbons (Fsp3) is 0.318. The minimum absolute atomic E-state index is 0.0267. The maximum atomic E-state index is 12.7. The van der Waals surface area contributed by atoms with E-state index in [2.05, 4.69) is 15.5 Å². The van der Waals surface area contributed by atoms with Crippen LogP contribution in [-0.2, 0) is 14.3 Å². The molecule has 0 radical (unpaired) electrons. The highest BCUT2D eigenvalue weighted by Crippen LogP contribution is 2.34. The summed E-state index contributed by atoms with van der Waals surface area (Å²) in [4.78, 5) is 37.8. The molecule has 0 aliphatic rings. The summed E-state index contributed by atoms with van der Waals surface area (Å²) in [5.74, 6) is -0.793. The molecular formula is C22H24N4O5S2. The summed E-state index contributed by atoms with van der Waals surface area (Å²) in [7, 11) is 0. The SMILES string of the molecule is CCOC(=O)c1sc(NC(=O)CSc2nnc(C)n2-c2ccccc2)c(C(=O)OCC)c1C. The van der Waals surface area contributed by atoms with Gasteiger partial charge >= 0.3 is 11.9 Å². The van der Waals surface area contributed by atoms with Gasteiger partial charge in [0.15, 0.2) is 5.16 Å². The van der Waals surface area contributed by atoms with Crippen LogP contribution < -0.4 is 5.32 Å². The van der Waals surface area contributed by atoms with Crippen molar-refractivity contribution >= 4 is 45.9 Å².